The molecule has 2 N–H and O–H groups in total. The summed E-state index contributed by atoms with van der Waals surface area (Å²) in [6.45, 7) is 5.70. The van der Waals surface area contributed by atoms with Crippen LogP contribution in [0.1, 0.15) is 42.9 Å². The standard InChI is InChI=1S/C23H23N3O2/c1-13(2)23(28)26-20-11-21-19(9-14(20)3)18(10-22(27)25-21)17-6-4-5-15-12-24-8-7-16(15)17/h4-9,11-13,18H,10H2,1-3H3,(H,25,27)(H,26,28)/t18-/m0/s1. The second-order valence-electron chi connectivity index (χ2n) is 7.65. The maximum Gasteiger partial charge on any atom is 0.226 e. The van der Waals surface area contributed by atoms with Crippen molar-refractivity contribution >= 4 is 34.0 Å². The van der Waals surface area contributed by atoms with Crippen LogP contribution in [-0.2, 0) is 9.59 Å². The maximum atomic E-state index is 12.5. The second kappa shape index (κ2) is 7.08. The van der Waals surface area contributed by atoms with E-state index in [4.69, 9.17) is 0 Å². The summed E-state index contributed by atoms with van der Waals surface area (Å²) in [5.41, 5.74) is 4.67. The van der Waals surface area contributed by atoms with E-state index < -0.39 is 0 Å². The predicted octanol–water partition coefficient (Wildman–Crippen LogP) is 4.61. The zero-order valence-electron chi connectivity index (χ0n) is 16.2. The number of aromatic nitrogens is 1. The van der Waals surface area contributed by atoms with Gasteiger partial charge in [-0.05, 0) is 41.1 Å². The van der Waals surface area contributed by atoms with E-state index in [0.29, 0.717) is 6.42 Å². The van der Waals surface area contributed by atoms with Crippen molar-refractivity contribution in [2.45, 2.75) is 33.1 Å². The highest BCUT2D eigenvalue weighted by molar-refractivity contribution is 5.99. The molecule has 2 amide bonds. The Balaban J connectivity index is 1.82. The Morgan fingerprint density at radius 3 is 2.82 bits per heavy atom. The maximum absolute atomic E-state index is 12.5. The average molecular weight is 373 g/mol. The van der Waals surface area contributed by atoms with Gasteiger partial charge in [0.05, 0.1) is 0 Å². The number of hydrogen-bond donors (Lipinski definition) is 2. The third-order valence-electron chi connectivity index (χ3n) is 5.31. The molecule has 0 saturated heterocycles. The summed E-state index contributed by atoms with van der Waals surface area (Å²) in [6.07, 6.45) is 4.02. The van der Waals surface area contributed by atoms with E-state index in [1.807, 2.05) is 51.2 Å². The number of nitrogens with one attached hydrogen (secondary N) is 2. The van der Waals surface area contributed by atoms with Crippen LogP contribution in [-0.4, -0.2) is 16.8 Å². The molecule has 1 aromatic heterocycles. The van der Waals surface area contributed by atoms with Crippen LogP contribution in [0.4, 0.5) is 11.4 Å². The minimum absolute atomic E-state index is 0.0199. The van der Waals surface area contributed by atoms with Gasteiger partial charge in [0.25, 0.3) is 0 Å². The summed E-state index contributed by atoms with van der Waals surface area (Å²) in [5.74, 6) is -0.206. The zero-order chi connectivity index (χ0) is 19.8. The number of hydrogen-bond acceptors (Lipinski definition) is 3. The Kier molecular flexibility index (Phi) is 4.59. The van der Waals surface area contributed by atoms with Gasteiger partial charge >= 0.3 is 0 Å². The van der Waals surface area contributed by atoms with Crippen molar-refractivity contribution in [3.63, 3.8) is 0 Å². The number of nitrogens with zero attached hydrogens (tertiary/aromatic N) is 1. The van der Waals surface area contributed by atoms with E-state index in [1.54, 1.807) is 6.20 Å². The molecule has 2 heterocycles. The summed E-state index contributed by atoms with van der Waals surface area (Å²) in [4.78, 5) is 28.8. The second-order valence-corrected chi connectivity index (χ2v) is 7.65. The highest BCUT2D eigenvalue weighted by atomic mass is 16.2. The normalized spacial score (nSPS) is 16.0. The molecule has 2 aromatic carbocycles. The van der Waals surface area contributed by atoms with Gasteiger partial charge in [0, 0.05) is 47.4 Å². The van der Waals surface area contributed by atoms with Crippen LogP contribution >= 0.6 is 0 Å². The first-order chi connectivity index (χ1) is 13.4. The summed E-state index contributed by atoms with van der Waals surface area (Å²) < 4.78 is 0. The molecule has 1 aliphatic rings. The van der Waals surface area contributed by atoms with Gasteiger partial charge in [-0.25, -0.2) is 0 Å². The van der Waals surface area contributed by atoms with E-state index in [0.717, 1.165) is 38.8 Å². The van der Waals surface area contributed by atoms with Gasteiger partial charge in [-0.15, -0.1) is 0 Å². The summed E-state index contributed by atoms with van der Waals surface area (Å²) >= 11 is 0. The summed E-state index contributed by atoms with van der Waals surface area (Å²) in [6, 6.07) is 12.1. The molecule has 5 nitrogen and oxygen atoms in total. The first kappa shape index (κ1) is 18.2. The number of amides is 2. The number of aryl methyl sites for hydroxylation is 1. The Morgan fingerprint density at radius 1 is 1.21 bits per heavy atom. The van der Waals surface area contributed by atoms with Gasteiger partial charge in [-0.2, -0.15) is 0 Å². The largest absolute Gasteiger partial charge is 0.326 e. The van der Waals surface area contributed by atoms with Crippen LogP contribution in [0, 0.1) is 12.8 Å². The quantitative estimate of drug-likeness (QED) is 0.704. The monoisotopic (exact) mass is 373 g/mol. The zero-order valence-corrected chi connectivity index (χ0v) is 16.2. The number of fused-ring (bicyclic) bond motifs is 2. The summed E-state index contributed by atoms with van der Waals surface area (Å²) in [7, 11) is 0. The molecule has 5 heteroatoms. The molecule has 3 aromatic rings. The van der Waals surface area contributed by atoms with Crippen molar-refractivity contribution in [2.75, 3.05) is 10.6 Å². The topological polar surface area (TPSA) is 71.1 Å². The van der Waals surface area contributed by atoms with Crippen molar-refractivity contribution in [3.05, 3.63) is 65.5 Å². The first-order valence-electron chi connectivity index (χ1n) is 9.52. The fraction of sp³-hybridized carbons (Fsp3) is 0.261. The highest BCUT2D eigenvalue weighted by Crippen LogP contribution is 2.41. The molecule has 0 spiro atoms. The molecule has 0 bridgehead atoms. The molecule has 1 aliphatic heterocycles. The minimum Gasteiger partial charge on any atom is -0.326 e. The molecule has 0 aliphatic carbocycles. The van der Waals surface area contributed by atoms with Gasteiger partial charge < -0.3 is 10.6 Å². The first-order valence-corrected chi connectivity index (χ1v) is 9.52. The van der Waals surface area contributed by atoms with Crippen molar-refractivity contribution in [1.82, 2.24) is 4.98 Å². The van der Waals surface area contributed by atoms with Crippen molar-refractivity contribution in [1.29, 1.82) is 0 Å². The Bertz CT molecular complexity index is 1080. The summed E-state index contributed by atoms with van der Waals surface area (Å²) in [5, 5.41) is 8.11. The van der Waals surface area contributed by atoms with Crippen molar-refractivity contribution < 1.29 is 9.59 Å². The van der Waals surface area contributed by atoms with Crippen molar-refractivity contribution in [2.24, 2.45) is 5.92 Å². The Morgan fingerprint density at radius 2 is 2.04 bits per heavy atom. The third kappa shape index (κ3) is 3.24. The fourth-order valence-corrected chi connectivity index (χ4v) is 3.76. The Labute approximate surface area is 164 Å². The number of pyridine rings is 1. The van der Waals surface area contributed by atoms with Gasteiger partial charge in [0.15, 0.2) is 0 Å². The molecular formula is C23H23N3O2. The van der Waals surface area contributed by atoms with E-state index in [1.165, 1.54) is 0 Å². The Hall–Kier alpha value is -3.21. The van der Waals surface area contributed by atoms with E-state index in [2.05, 4.69) is 27.8 Å². The minimum atomic E-state index is -0.109. The SMILES string of the molecule is Cc1cc2c(cc1NC(=O)C(C)C)NC(=O)C[C@H]2c1cccc2cnccc12. The molecule has 0 radical (unpaired) electrons. The number of rotatable bonds is 3. The molecular weight excluding hydrogens is 350 g/mol. The van der Waals surface area contributed by atoms with Crippen LogP contribution in [0.3, 0.4) is 0 Å². The van der Waals surface area contributed by atoms with Crippen LogP contribution in [0.2, 0.25) is 0 Å². The number of benzene rings is 2. The molecule has 4 rings (SSSR count). The molecule has 0 fully saturated rings. The van der Waals surface area contributed by atoms with Gasteiger partial charge in [0.1, 0.15) is 0 Å². The lowest BCUT2D eigenvalue weighted by Gasteiger charge is -2.28. The van der Waals surface area contributed by atoms with Gasteiger partial charge in [0.2, 0.25) is 11.8 Å². The smallest absolute Gasteiger partial charge is 0.226 e. The van der Waals surface area contributed by atoms with E-state index in [-0.39, 0.29) is 23.7 Å². The van der Waals surface area contributed by atoms with Crippen molar-refractivity contribution in [3.8, 4) is 0 Å². The van der Waals surface area contributed by atoms with E-state index in [9.17, 15) is 9.59 Å². The average Bonchev–Trinajstić information content (AvgIpc) is 2.68. The number of anilines is 2. The molecule has 28 heavy (non-hydrogen) atoms. The molecule has 0 saturated carbocycles. The van der Waals surface area contributed by atoms with Crippen LogP contribution < -0.4 is 10.6 Å². The van der Waals surface area contributed by atoms with Gasteiger partial charge in [-0.1, -0.05) is 38.1 Å². The predicted molar refractivity (Wildman–Crippen MR) is 111 cm³/mol. The fourth-order valence-electron chi connectivity index (χ4n) is 3.76. The molecule has 142 valence electrons. The lowest BCUT2D eigenvalue weighted by Crippen LogP contribution is -2.25. The molecule has 0 unspecified atom stereocenters. The highest BCUT2D eigenvalue weighted by Gasteiger charge is 2.28. The molecule has 1 atom stereocenters. The lowest BCUT2D eigenvalue weighted by molar-refractivity contribution is -0.119. The van der Waals surface area contributed by atoms with Crippen LogP contribution in [0.5, 0.6) is 0 Å². The number of carbonyl (C=O) groups excluding carboxylic acids is 2. The number of carbonyl (C=O) groups is 2. The van der Waals surface area contributed by atoms with E-state index >= 15 is 0 Å². The van der Waals surface area contributed by atoms with Gasteiger partial charge in [-0.3, -0.25) is 14.6 Å². The van der Waals surface area contributed by atoms with Crippen LogP contribution in [0.15, 0.2) is 48.8 Å². The third-order valence-corrected chi connectivity index (χ3v) is 5.31. The van der Waals surface area contributed by atoms with Crippen LogP contribution in [0.25, 0.3) is 10.8 Å². The lowest BCUT2D eigenvalue weighted by atomic mass is 9.82.